The maximum Gasteiger partial charge on any atom is 0.335 e. The van der Waals surface area contributed by atoms with Crippen molar-refractivity contribution in [3.8, 4) is 0 Å². The summed E-state index contributed by atoms with van der Waals surface area (Å²) in [6.07, 6.45) is 8.05. The van der Waals surface area contributed by atoms with Gasteiger partial charge in [0, 0.05) is 51.6 Å². The molecule has 6 N–H and O–H groups in total. The van der Waals surface area contributed by atoms with Crippen molar-refractivity contribution < 1.29 is 39.6 Å². The Bertz CT molecular complexity index is 2480. The van der Waals surface area contributed by atoms with E-state index in [0.29, 0.717) is 22.3 Å². The SMILES string of the molecule is C1=Cc2cc3ccc(cc4ccc(cc5nc(cc1n2)C=C5)[nH]4)[nH]3.O=C(O)c1ccccc1.O=C(O)c1ccccc1.O=C(O)c1ccccc1.O=C(O)c1ccccc1.[Na]. The number of rotatable bonds is 4. The Morgan fingerprint density at radius 1 is 0.328 bits per heavy atom. The number of hydrogen-bond donors (Lipinski definition) is 6. The summed E-state index contributed by atoms with van der Waals surface area (Å²) in [6.45, 7) is 0. The van der Waals surface area contributed by atoms with Gasteiger partial charge in [0.25, 0.3) is 0 Å². The minimum Gasteiger partial charge on any atom is -0.478 e. The number of aromatic amines is 2. The minimum absolute atomic E-state index is 0. The zero-order valence-corrected chi connectivity index (χ0v) is 34.8. The number of carboxylic acid groups (broad SMARTS) is 4. The number of nitrogens with one attached hydrogen (secondary N) is 2. The predicted molar refractivity (Wildman–Crippen MR) is 238 cm³/mol. The molecule has 12 nitrogen and oxygen atoms in total. The molecule has 1 radical (unpaired) electrons. The van der Waals surface area contributed by atoms with Crippen LogP contribution in [-0.2, 0) is 0 Å². The number of benzene rings is 4. The molecule has 0 saturated heterocycles. The summed E-state index contributed by atoms with van der Waals surface area (Å²) in [5, 5.41) is 33.5. The summed E-state index contributed by atoms with van der Waals surface area (Å²) >= 11 is 0. The molecule has 0 amide bonds. The van der Waals surface area contributed by atoms with Crippen molar-refractivity contribution in [1.82, 2.24) is 19.9 Å². The topological polar surface area (TPSA) is 207 Å². The van der Waals surface area contributed by atoms with Crippen molar-refractivity contribution in [2.45, 2.75) is 0 Å². The monoisotopic (exact) mass is 821 g/mol. The van der Waals surface area contributed by atoms with Gasteiger partial charge in [0.2, 0.25) is 0 Å². The van der Waals surface area contributed by atoms with E-state index < -0.39 is 23.9 Å². The summed E-state index contributed by atoms with van der Waals surface area (Å²) in [4.78, 5) is 56.8. The van der Waals surface area contributed by atoms with E-state index in [0.717, 1.165) is 44.8 Å². The summed E-state index contributed by atoms with van der Waals surface area (Å²) < 4.78 is 0. The Kier molecular flexibility index (Phi) is 17.9. The van der Waals surface area contributed by atoms with Crippen LogP contribution in [0.5, 0.6) is 0 Å². The van der Waals surface area contributed by atoms with Crippen LogP contribution in [0.3, 0.4) is 0 Å². The zero-order chi connectivity index (χ0) is 42.7. The second kappa shape index (κ2) is 23.7. The molecular formula is C48H38N4NaO8. The van der Waals surface area contributed by atoms with Gasteiger partial charge in [-0.15, -0.1) is 0 Å². The van der Waals surface area contributed by atoms with Crippen LogP contribution in [0.4, 0.5) is 0 Å². The van der Waals surface area contributed by atoms with Crippen LogP contribution in [0.2, 0.25) is 0 Å². The normalized spacial score (nSPS) is 10.2. The molecule has 8 bridgehead atoms. The third-order valence-corrected chi connectivity index (χ3v) is 8.12. The number of nitrogens with zero attached hydrogens (tertiary/aromatic N) is 2. The van der Waals surface area contributed by atoms with Crippen molar-refractivity contribution in [3.63, 3.8) is 0 Å². The molecule has 0 spiro atoms. The number of hydrogen-bond acceptors (Lipinski definition) is 6. The summed E-state index contributed by atoms with van der Waals surface area (Å²) in [5.74, 6) is -3.52. The number of carboxylic acids is 4. The van der Waals surface area contributed by atoms with Crippen LogP contribution in [0.15, 0.2) is 170 Å². The summed E-state index contributed by atoms with van der Waals surface area (Å²) in [7, 11) is 0. The summed E-state index contributed by atoms with van der Waals surface area (Å²) in [5.41, 5.74) is 9.18. The fourth-order valence-corrected chi connectivity index (χ4v) is 5.27. The predicted octanol–water partition coefficient (Wildman–Crippen LogP) is 9.81. The molecule has 13 heteroatoms. The number of aromatic nitrogens is 4. The Morgan fingerprint density at radius 2 is 0.557 bits per heavy atom. The average molecular weight is 822 g/mol. The van der Waals surface area contributed by atoms with Gasteiger partial charge in [-0.05, 0) is 121 Å². The van der Waals surface area contributed by atoms with E-state index >= 15 is 0 Å². The van der Waals surface area contributed by atoms with Crippen molar-refractivity contribution in [1.29, 1.82) is 0 Å². The summed E-state index contributed by atoms with van der Waals surface area (Å²) in [6, 6.07) is 49.6. The second-order valence-corrected chi connectivity index (χ2v) is 12.6. The molecule has 3 aromatic heterocycles. The third kappa shape index (κ3) is 15.6. The first kappa shape index (κ1) is 46.1. The van der Waals surface area contributed by atoms with Gasteiger partial charge in [0.1, 0.15) is 0 Å². The van der Waals surface area contributed by atoms with Gasteiger partial charge < -0.3 is 30.4 Å². The van der Waals surface area contributed by atoms with Crippen LogP contribution < -0.4 is 0 Å². The van der Waals surface area contributed by atoms with E-state index in [9.17, 15) is 19.2 Å². The van der Waals surface area contributed by atoms with Crippen LogP contribution in [-0.4, -0.2) is 93.8 Å². The molecular weight excluding hydrogens is 784 g/mol. The number of fused-ring (bicyclic) bond motifs is 8. The zero-order valence-electron chi connectivity index (χ0n) is 32.8. The molecule has 0 unspecified atom stereocenters. The molecule has 2 aliphatic rings. The van der Waals surface area contributed by atoms with Crippen LogP contribution in [0.1, 0.15) is 64.2 Å². The van der Waals surface area contributed by atoms with Crippen LogP contribution >= 0.6 is 0 Å². The Labute approximate surface area is 372 Å². The number of H-pyrrole nitrogens is 2. The standard InChI is InChI=1S/C20H14N4.4C7H6O2.Na/c1-2-14-10-16-5-6-18(23-16)12-20-8-7-19(24-20)11-17-4-3-15(22-17)9-13(1)21-14;4*8-7(9)6-4-2-1-3-5-6;/h1-12,21-22H;4*1-5H,(H,8,9);. The van der Waals surface area contributed by atoms with E-state index in [1.54, 1.807) is 121 Å². The molecule has 299 valence electrons. The van der Waals surface area contributed by atoms with Crippen molar-refractivity contribution in [3.05, 3.63) is 215 Å². The van der Waals surface area contributed by atoms with Crippen molar-refractivity contribution in [2.75, 3.05) is 0 Å². The first-order valence-electron chi connectivity index (χ1n) is 18.2. The number of carbonyl (C=O) groups is 4. The Hall–Kier alpha value is -7.64. The fraction of sp³-hybridized carbons (Fsp3) is 0. The Morgan fingerprint density at radius 3 is 0.787 bits per heavy atom. The quantitative estimate of drug-likeness (QED) is 0.0927. The van der Waals surface area contributed by atoms with Gasteiger partial charge in [-0.25, -0.2) is 29.1 Å². The van der Waals surface area contributed by atoms with Gasteiger partial charge in [-0.1, -0.05) is 72.8 Å². The van der Waals surface area contributed by atoms with E-state index in [1.165, 1.54) is 0 Å². The van der Waals surface area contributed by atoms with E-state index in [4.69, 9.17) is 20.4 Å². The average Bonchev–Trinajstić information content (AvgIpc) is 4.11. The Balaban J connectivity index is 0.000000185. The molecule has 0 atom stereocenters. The molecule has 9 rings (SSSR count). The molecule has 5 heterocycles. The maximum atomic E-state index is 10.2. The molecule has 4 aromatic carbocycles. The minimum atomic E-state index is -0.879. The molecule has 0 fully saturated rings. The third-order valence-electron chi connectivity index (χ3n) is 8.12. The van der Waals surface area contributed by atoms with Crippen molar-refractivity contribution in [2.24, 2.45) is 0 Å². The first-order valence-corrected chi connectivity index (χ1v) is 18.2. The van der Waals surface area contributed by atoms with Gasteiger partial charge in [-0.3, -0.25) is 0 Å². The van der Waals surface area contributed by atoms with Crippen molar-refractivity contribution >= 4 is 99.8 Å². The largest absolute Gasteiger partial charge is 0.478 e. The van der Waals surface area contributed by atoms with Gasteiger partial charge in [-0.2, -0.15) is 0 Å². The van der Waals surface area contributed by atoms with E-state index in [-0.39, 0.29) is 29.6 Å². The van der Waals surface area contributed by atoms with Gasteiger partial charge in [0.15, 0.2) is 0 Å². The number of aromatic carboxylic acids is 4. The molecule has 0 aliphatic carbocycles. The van der Waals surface area contributed by atoms with E-state index in [1.807, 2.05) is 42.5 Å². The molecule has 2 aliphatic heterocycles. The van der Waals surface area contributed by atoms with E-state index in [2.05, 4.69) is 50.3 Å². The van der Waals surface area contributed by atoms with Crippen LogP contribution in [0, 0.1) is 0 Å². The van der Waals surface area contributed by atoms with Crippen LogP contribution in [0.25, 0.3) is 46.4 Å². The molecule has 7 aromatic rings. The smallest absolute Gasteiger partial charge is 0.335 e. The molecule has 61 heavy (non-hydrogen) atoms. The van der Waals surface area contributed by atoms with Gasteiger partial charge >= 0.3 is 23.9 Å². The first-order chi connectivity index (χ1) is 29.0. The maximum absolute atomic E-state index is 10.2. The fourth-order valence-electron chi connectivity index (χ4n) is 5.27. The van der Waals surface area contributed by atoms with Gasteiger partial charge in [0.05, 0.1) is 45.0 Å². The molecule has 0 saturated carbocycles. The second-order valence-electron chi connectivity index (χ2n) is 12.6.